The zero-order valence-corrected chi connectivity index (χ0v) is 14.4. The van der Waals surface area contributed by atoms with Crippen LogP contribution in [0.2, 0.25) is 0 Å². The van der Waals surface area contributed by atoms with E-state index in [1.807, 2.05) is 55.5 Å². The molecule has 0 aromatic heterocycles. The lowest BCUT2D eigenvalue weighted by molar-refractivity contribution is 0.0975. The number of thiocarbonyl (C=S) groups is 1. The minimum atomic E-state index is -0.197. The lowest BCUT2D eigenvalue weighted by atomic mass is 10.1. The second-order valence-electron chi connectivity index (χ2n) is 4.54. The lowest BCUT2D eigenvalue weighted by Crippen LogP contribution is -2.40. The van der Waals surface area contributed by atoms with Crippen LogP contribution in [-0.4, -0.2) is 11.0 Å². The first-order valence-corrected chi connectivity index (χ1v) is 7.98. The van der Waals surface area contributed by atoms with Gasteiger partial charge in [-0.15, -0.1) is 0 Å². The van der Waals surface area contributed by atoms with Crippen LogP contribution in [0.4, 0.5) is 0 Å². The number of hydrogen-bond acceptors (Lipinski definition) is 2. The minimum absolute atomic E-state index is 0.0360. The maximum absolute atomic E-state index is 12.2. The average molecular weight is 410 g/mol. The highest BCUT2D eigenvalue weighted by molar-refractivity contribution is 14.1. The number of nitrogens with one attached hydrogen (secondary N) is 2. The summed E-state index contributed by atoms with van der Waals surface area (Å²) in [6, 6.07) is 17.4. The minimum Gasteiger partial charge on any atom is -0.356 e. The monoisotopic (exact) mass is 410 g/mol. The predicted octanol–water partition coefficient (Wildman–Crippen LogP) is 3.66. The molecule has 2 N–H and O–H groups in total. The molecule has 2 aromatic carbocycles. The molecule has 0 heterocycles. The third kappa shape index (κ3) is 4.50. The van der Waals surface area contributed by atoms with Crippen LogP contribution in [0.5, 0.6) is 0 Å². The predicted molar refractivity (Wildman–Crippen MR) is 97.2 cm³/mol. The zero-order chi connectivity index (χ0) is 15.2. The van der Waals surface area contributed by atoms with Crippen LogP contribution in [-0.2, 0) is 0 Å². The number of rotatable bonds is 3. The summed E-state index contributed by atoms with van der Waals surface area (Å²) >= 11 is 7.34. The van der Waals surface area contributed by atoms with Crippen molar-refractivity contribution >= 4 is 45.8 Å². The highest BCUT2D eigenvalue weighted by Gasteiger charge is 2.12. The summed E-state index contributed by atoms with van der Waals surface area (Å²) in [6.07, 6.45) is 0. The van der Waals surface area contributed by atoms with Gasteiger partial charge in [-0.2, -0.15) is 0 Å². The molecule has 0 saturated carbocycles. The van der Waals surface area contributed by atoms with E-state index in [4.69, 9.17) is 12.2 Å². The van der Waals surface area contributed by atoms with Crippen LogP contribution in [0, 0.1) is 3.57 Å². The van der Waals surface area contributed by atoms with Gasteiger partial charge in [0.2, 0.25) is 0 Å². The summed E-state index contributed by atoms with van der Waals surface area (Å²) in [4.78, 5) is 12.2. The maximum Gasteiger partial charge on any atom is 0.258 e. The Morgan fingerprint density at radius 3 is 2.38 bits per heavy atom. The quantitative estimate of drug-likeness (QED) is 0.600. The highest BCUT2D eigenvalue weighted by atomic mass is 127. The van der Waals surface area contributed by atoms with E-state index < -0.39 is 0 Å². The summed E-state index contributed by atoms with van der Waals surface area (Å²) in [5.41, 5.74) is 1.73. The molecule has 0 fully saturated rings. The molecule has 1 amide bonds. The van der Waals surface area contributed by atoms with E-state index >= 15 is 0 Å². The van der Waals surface area contributed by atoms with Crippen molar-refractivity contribution in [2.24, 2.45) is 0 Å². The van der Waals surface area contributed by atoms with Gasteiger partial charge in [0.15, 0.2) is 5.11 Å². The summed E-state index contributed by atoms with van der Waals surface area (Å²) in [6.45, 7) is 2.00. The van der Waals surface area contributed by atoms with Crippen molar-refractivity contribution < 1.29 is 4.79 Å². The molecule has 108 valence electrons. The summed E-state index contributed by atoms with van der Waals surface area (Å²) in [5.74, 6) is -0.197. The third-order valence-corrected chi connectivity index (χ3v) is 4.15. The Labute approximate surface area is 143 Å². The van der Waals surface area contributed by atoms with Crippen molar-refractivity contribution in [1.29, 1.82) is 0 Å². The van der Waals surface area contributed by atoms with Gasteiger partial charge in [-0.25, -0.2) is 0 Å². The lowest BCUT2D eigenvalue weighted by Gasteiger charge is -2.17. The SMILES string of the molecule is CC(NC(=S)NC(=O)c1ccccc1I)c1ccccc1. The molecule has 1 atom stereocenters. The van der Waals surface area contributed by atoms with Crippen molar-refractivity contribution in [3.8, 4) is 0 Å². The molecule has 0 aliphatic carbocycles. The summed E-state index contributed by atoms with van der Waals surface area (Å²) in [5, 5.41) is 6.16. The van der Waals surface area contributed by atoms with Gasteiger partial charge in [0.05, 0.1) is 11.6 Å². The molecular weight excluding hydrogens is 395 g/mol. The Morgan fingerprint density at radius 2 is 1.71 bits per heavy atom. The molecule has 0 saturated heterocycles. The second-order valence-corrected chi connectivity index (χ2v) is 6.11. The van der Waals surface area contributed by atoms with Crippen LogP contribution in [0.1, 0.15) is 28.9 Å². The van der Waals surface area contributed by atoms with Gasteiger partial charge in [0.25, 0.3) is 5.91 Å². The topological polar surface area (TPSA) is 41.1 Å². The molecular formula is C16H15IN2OS. The van der Waals surface area contributed by atoms with Crippen LogP contribution >= 0.6 is 34.8 Å². The molecule has 0 radical (unpaired) electrons. The van der Waals surface area contributed by atoms with Crippen molar-refractivity contribution in [3.05, 3.63) is 69.3 Å². The van der Waals surface area contributed by atoms with Crippen LogP contribution in [0.3, 0.4) is 0 Å². The average Bonchev–Trinajstić information content (AvgIpc) is 2.48. The first-order chi connectivity index (χ1) is 10.1. The molecule has 3 nitrogen and oxygen atoms in total. The molecule has 5 heteroatoms. The number of amides is 1. The van der Waals surface area contributed by atoms with Gasteiger partial charge < -0.3 is 5.32 Å². The summed E-state index contributed by atoms with van der Waals surface area (Å²) in [7, 11) is 0. The van der Waals surface area contributed by atoms with Crippen LogP contribution < -0.4 is 10.6 Å². The van der Waals surface area contributed by atoms with E-state index in [9.17, 15) is 4.79 Å². The molecule has 1 unspecified atom stereocenters. The van der Waals surface area contributed by atoms with Crippen molar-refractivity contribution in [2.45, 2.75) is 13.0 Å². The molecule has 0 aliphatic heterocycles. The fourth-order valence-corrected chi connectivity index (χ4v) is 2.78. The number of halogens is 1. The largest absolute Gasteiger partial charge is 0.356 e. The zero-order valence-electron chi connectivity index (χ0n) is 11.5. The first kappa shape index (κ1) is 15.9. The Morgan fingerprint density at radius 1 is 1.10 bits per heavy atom. The van der Waals surface area contributed by atoms with E-state index in [0.29, 0.717) is 10.7 Å². The van der Waals surface area contributed by atoms with Crippen molar-refractivity contribution in [3.63, 3.8) is 0 Å². The van der Waals surface area contributed by atoms with E-state index in [1.54, 1.807) is 6.07 Å². The first-order valence-electron chi connectivity index (χ1n) is 6.49. The maximum atomic E-state index is 12.2. The normalized spacial score (nSPS) is 11.5. The number of hydrogen-bond donors (Lipinski definition) is 2. The molecule has 0 aliphatic rings. The van der Waals surface area contributed by atoms with E-state index in [2.05, 4.69) is 33.2 Å². The van der Waals surface area contributed by atoms with Crippen LogP contribution in [0.25, 0.3) is 0 Å². The van der Waals surface area contributed by atoms with Gasteiger partial charge >= 0.3 is 0 Å². The standard InChI is InChI=1S/C16H15IN2OS/c1-11(12-7-3-2-4-8-12)18-16(21)19-15(20)13-9-5-6-10-14(13)17/h2-11H,1H3,(H2,18,19,20,21). The van der Waals surface area contributed by atoms with Crippen LogP contribution in [0.15, 0.2) is 54.6 Å². The van der Waals surface area contributed by atoms with Gasteiger partial charge in [0, 0.05) is 3.57 Å². The molecule has 21 heavy (non-hydrogen) atoms. The number of carbonyl (C=O) groups is 1. The van der Waals surface area contributed by atoms with Gasteiger partial charge in [-0.05, 0) is 59.4 Å². The van der Waals surface area contributed by atoms with Gasteiger partial charge in [-0.3, -0.25) is 10.1 Å². The molecule has 0 bridgehead atoms. The summed E-state index contributed by atoms with van der Waals surface area (Å²) < 4.78 is 0.895. The fourth-order valence-electron chi connectivity index (χ4n) is 1.87. The number of benzene rings is 2. The Kier molecular flexibility index (Phi) is 5.69. The highest BCUT2D eigenvalue weighted by Crippen LogP contribution is 2.12. The Bertz CT molecular complexity index is 646. The Balaban J connectivity index is 1.96. The van der Waals surface area contributed by atoms with Gasteiger partial charge in [0.1, 0.15) is 0 Å². The van der Waals surface area contributed by atoms with E-state index in [0.717, 1.165) is 9.13 Å². The third-order valence-electron chi connectivity index (χ3n) is 2.99. The number of carbonyl (C=O) groups excluding carboxylic acids is 1. The smallest absolute Gasteiger partial charge is 0.258 e. The van der Waals surface area contributed by atoms with Crippen molar-refractivity contribution in [2.75, 3.05) is 0 Å². The molecule has 0 spiro atoms. The van der Waals surface area contributed by atoms with E-state index in [-0.39, 0.29) is 11.9 Å². The Hall–Kier alpha value is -1.47. The van der Waals surface area contributed by atoms with Gasteiger partial charge in [-0.1, -0.05) is 42.5 Å². The second kappa shape index (κ2) is 7.51. The fraction of sp³-hybridized carbons (Fsp3) is 0.125. The molecule has 2 rings (SSSR count). The van der Waals surface area contributed by atoms with E-state index in [1.165, 1.54) is 0 Å². The van der Waals surface area contributed by atoms with Crippen molar-refractivity contribution in [1.82, 2.24) is 10.6 Å². The molecule has 2 aromatic rings.